The predicted molar refractivity (Wildman–Crippen MR) is 76.0 cm³/mol. The van der Waals surface area contributed by atoms with Gasteiger partial charge in [0.25, 0.3) is 0 Å². The summed E-state index contributed by atoms with van der Waals surface area (Å²) in [6.45, 7) is 2.28. The molecule has 1 atom stereocenters. The van der Waals surface area contributed by atoms with Crippen molar-refractivity contribution < 1.29 is 10.2 Å². The second kappa shape index (κ2) is 6.09. The zero-order valence-electron chi connectivity index (χ0n) is 10.9. The highest BCUT2D eigenvalue weighted by atomic mass is 32.2. The largest absolute Gasteiger partial charge is 0.396 e. The minimum atomic E-state index is -0.308. The smallest absolute Gasteiger partial charge is 0.0509 e. The van der Waals surface area contributed by atoms with E-state index >= 15 is 0 Å². The van der Waals surface area contributed by atoms with Gasteiger partial charge in [-0.25, -0.2) is 0 Å². The first kappa shape index (κ1) is 13.9. The van der Waals surface area contributed by atoms with Crippen molar-refractivity contribution in [3.63, 3.8) is 0 Å². The SMILES string of the molecule is CCCC(CO)(CO)CC1CSc2ccccc21. The average molecular weight is 266 g/mol. The fourth-order valence-corrected chi connectivity index (χ4v) is 4.14. The van der Waals surface area contributed by atoms with E-state index in [0.29, 0.717) is 5.92 Å². The van der Waals surface area contributed by atoms with Crippen LogP contribution < -0.4 is 0 Å². The Morgan fingerprint density at radius 1 is 1.28 bits per heavy atom. The average Bonchev–Trinajstić information content (AvgIpc) is 2.81. The summed E-state index contributed by atoms with van der Waals surface area (Å²) >= 11 is 1.89. The number of benzene rings is 1. The summed E-state index contributed by atoms with van der Waals surface area (Å²) in [6, 6.07) is 8.51. The van der Waals surface area contributed by atoms with Gasteiger partial charge in [-0.05, 0) is 30.4 Å². The third-order valence-corrected chi connectivity index (χ3v) is 5.18. The van der Waals surface area contributed by atoms with Crippen molar-refractivity contribution >= 4 is 11.8 Å². The summed E-state index contributed by atoms with van der Waals surface area (Å²) in [5, 5.41) is 19.3. The zero-order chi connectivity index (χ0) is 13.0. The van der Waals surface area contributed by atoms with Crippen LogP contribution in [0.4, 0.5) is 0 Å². The number of fused-ring (bicyclic) bond motifs is 1. The van der Waals surface area contributed by atoms with Crippen LogP contribution in [0.2, 0.25) is 0 Å². The highest BCUT2D eigenvalue weighted by molar-refractivity contribution is 7.99. The van der Waals surface area contributed by atoms with Crippen molar-refractivity contribution in [3.8, 4) is 0 Å². The molecule has 1 aromatic rings. The van der Waals surface area contributed by atoms with Crippen molar-refractivity contribution in [3.05, 3.63) is 29.8 Å². The topological polar surface area (TPSA) is 40.5 Å². The standard InChI is InChI=1S/C15H22O2S/c1-2-7-15(10-16,11-17)8-12-9-18-14-6-4-3-5-13(12)14/h3-6,12,16-17H,2,7-11H2,1H3. The van der Waals surface area contributed by atoms with Crippen LogP contribution in [0.1, 0.15) is 37.7 Å². The molecular formula is C15H22O2S. The highest BCUT2D eigenvalue weighted by Gasteiger charge is 2.34. The molecule has 0 spiro atoms. The monoisotopic (exact) mass is 266 g/mol. The fraction of sp³-hybridized carbons (Fsp3) is 0.600. The molecule has 0 amide bonds. The van der Waals surface area contributed by atoms with E-state index in [-0.39, 0.29) is 18.6 Å². The molecule has 0 aromatic heterocycles. The van der Waals surface area contributed by atoms with Crippen LogP contribution in [0.25, 0.3) is 0 Å². The summed E-state index contributed by atoms with van der Waals surface area (Å²) in [6.07, 6.45) is 2.78. The lowest BCUT2D eigenvalue weighted by Crippen LogP contribution is -2.32. The van der Waals surface area contributed by atoms with Crippen molar-refractivity contribution in [2.45, 2.75) is 37.0 Å². The van der Waals surface area contributed by atoms with Gasteiger partial charge in [-0.15, -0.1) is 11.8 Å². The van der Waals surface area contributed by atoms with E-state index in [2.05, 4.69) is 31.2 Å². The molecule has 0 radical (unpaired) electrons. The second-order valence-corrected chi connectivity index (χ2v) is 6.38. The van der Waals surface area contributed by atoms with Gasteiger partial charge in [0, 0.05) is 16.1 Å². The Bertz CT molecular complexity index is 388. The second-order valence-electron chi connectivity index (χ2n) is 5.32. The van der Waals surface area contributed by atoms with Crippen LogP contribution in [-0.2, 0) is 0 Å². The summed E-state index contributed by atoms with van der Waals surface area (Å²) in [5.74, 6) is 1.54. The first-order valence-electron chi connectivity index (χ1n) is 6.68. The van der Waals surface area contributed by atoms with Gasteiger partial charge < -0.3 is 10.2 Å². The van der Waals surface area contributed by atoms with Crippen LogP contribution >= 0.6 is 11.8 Å². The van der Waals surface area contributed by atoms with Crippen LogP contribution in [0, 0.1) is 5.41 Å². The van der Waals surface area contributed by atoms with Crippen molar-refractivity contribution in [2.75, 3.05) is 19.0 Å². The summed E-state index contributed by atoms with van der Waals surface area (Å²) in [4.78, 5) is 1.36. The Morgan fingerprint density at radius 3 is 2.67 bits per heavy atom. The summed E-state index contributed by atoms with van der Waals surface area (Å²) in [7, 11) is 0. The zero-order valence-corrected chi connectivity index (χ0v) is 11.7. The lowest BCUT2D eigenvalue weighted by atomic mass is 9.76. The normalized spacial score (nSPS) is 18.9. The van der Waals surface area contributed by atoms with Gasteiger partial charge in [-0.2, -0.15) is 0 Å². The van der Waals surface area contributed by atoms with Crippen LogP contribution in [0.15, 0.2) is 29.2 Å². The highest BCUT2D eigenvalue weighted by Crippen LogP contribution is 2.45. The van der Waals surface area contributed by atoms with E-state index in [4.69, 9.17) is 0 Å². The predicted octanol–water partition coefficient (Wildman–Crippen LogP) is 3.04. The third-order valence-electron chi connectivity index (χ3n) is 3.93. The van der Waals surface area contributed by atoms with E-state index < -0.39 is 0 Å². The van der Waals surface area contributed by atoms with Crippen LogP contribution in [-0.4, -0.2) is 29.2 Å². The molecular weight excluding hydrogens is 244 g/mol. The summed E-state index contributed by atoms with van der Waals surface area (Å²) < 4.78 is 0. The van der Waals surface area contributed by atoms with Gasteiger partial charge in [0.1, 0.15) is 0 Å². The van der Waals surface area contributed by atoms with Gasteiger partial charge in [0.15, 0.2) is 0 Å². The maximum Gasteiger partial charge on any atom is 0.0509 e. The molecule has 1 heterocycles. The number of rotatable bonds is 6. The van der Waals surface area contributed by atoms with Crippen LogP contribution in [0.5, 0.6) is 0 Å². The summed E-state index contributed by atoms with van der Waals surface area (Å²) in [5.41, 5.74) is 1.09. The fourth-order valence-electron chi connectivity index (χ4n) is 2.89. The number of aliphatic hydroxyl groups excluding tert-OH is 2. The van der Waals surface area contributed by atoms with E-state index in [1.165, 1.54) is 10.5 Å². The molecule has 18 heavy (non-hydrogen) atoms. The van der Waals surface area contributed by atoms with E-state index in [1.54, 1.807) is 0 Å². The molecule has 1 unspecified atom stereocenters. The molecule has 2 N–H and O–H groups in total. The van der Waals surface area contributed by atoms with Gasteiger partial charge in [-0.3, -0.25) is 0 Å². The molecule has 0 bridgehead atoms. The minimum absolute atomic E-state index is 0.0840. The molecule has 1 aromatic carbocycles. The van der Waals surface area contributed by atoms with Crippen LogP contribution in [0.3, 0.4) is 0 Å². The number of hydrogen-bond donors (Lipinski definition) is 2. The quantitative estimate of drug-likeness (QED) is 0.831. The first-order valence-corrected chi connectivity index (χ1v) is 7.66. The molecule has 0 saturated heterocycles. The maximum absolute atomic E-state index is 9.65. The number of hydrogen-bond acceptors (Lipinski definition) is 3. The van der Waals surface area contributed by atoms with E-state index in [0.717, 1.165) is 25.0 Å². The molecule has 0 saturated carbocycles. The first-order chi connectivity index (χ1) is 8.74. The molecule has 3 heteroatoms. The molecule has 0 aliphatic carbocycles. The number of aliphatic hydroxyl groups is 2. The van der Waals surface area contributed by atoms with E-state index in [1.807, 2.05) is 11.8 Å². The van der Waals surface area contributed by atoms with Gasteiger partial charge in [-0.1, -0.05) is 31.5 Å². The maximum atomic E-state index is 9.65. The molecule has 1 aliphatic rings. The van der Waals surface area contributed by atoms with Crippen molar-refractivity contribution in [2.24, 2.45) is 5.41 Å². The third kappa shape index (κ3) is 2.73. The molecule has 2 rings (SSSR count). The Hall–Kier alpha value is -0.510. The Morgan fingerprint density at radius 2 is 2.00 bits per heavy atom. The lowest BCUT2D eigenvalue weighted by molar-refractivity contribution is 0.0347. The lowest BCUT2D eigenvalue weighted by Gasteiger charge is -2.32. The van der Waals surface area contributed by atoms with Gasteiger partial charge in [0.05, 0.1) is 13.2 Å². The van der Waals surface area contributed by atoms with E-state index in [9.17, 15) is 10.2 Å². The Balaban J connectivity index is 2.14. The molecule has 1 aliphatic heterocycles. The van der Waals surface area contributed by atoms with Gasteiger partial charge >= 0.3 is 0 Å². The molecule has 100 valence electrons. The molecule has 2 nitrogen and oxygen atoms in total. The van der Waals surface area contributed by atoms with Crippen molar-refractivity contribution in [1.29, 1.82) is 0 Å². The minimum Gasteiger partial charge on any atom is -0.396 e. The number of thioether (sulfide) groups is 1. The Labute approximate surface area is 113 Å². The molecule has 0 fully saturated rings. The Kier molecular flexibility index (Phi) is 4.71. The van der Waals surface area contributed by atoms with Gasteiger partial charge in [0.2, 0.25) is 0 Å². The van der Waals surface area contributed by atoms with Crippen molar-refractivity contribution in [1.82, 2.24) is 0 Å².